The van der Waals surface area contributed by atoms with Crippen LogP contribution >= 0.6 is 0 Å². The maximum Gasteiger partial charge on any atom is 0.140 e. The van der Waals surface area contributed by atoms with E-state index in [0.29, 0.717) is 6.10 Å². The molecule has 5 nitrogen and oxygen atoms in total. The van der Waals surface area contributed by atoms with Gasteiger partial charge in [0.25, 0.3) is 0 Å². The molecule has 2 heterocycles. The highest BCUT2D eigenvalue weighted by atomic mass is 16.5. The highest BCUT2D eigenvalue weighted by molar-refractivity contribution is 4.84. The molecule has 1 fully saturated rings. The first-order valence-electron chi connectivity index (χ1n) is 6.59. The second-order valence-electron chi connectivity index (χ2n) is 4.52. The van der Waals surface area contributed by atoms with E-state index in [9.17, 15) is 0 Å². The molecule has 0 aliphatic carbocycles. The molecule has 0 aromatic carbocycles. The van der Waals surface area contributed by atoms with Crippen LogP contribution in [0, 0.1) is 0 Å². The molecule has 1 atom stereocenters. The monoisotopic (exact) mass is 238 g/mol. The van der Waals surface area contributed by atoms with E-state index in [1.165, 1.54) is 19.3 Å². The summed E-state index contributed by atoms with van der Waals surface area (Å²) in [5.41, 5.74) is 0. The molecule has 1 saturated heterocycles. The van der Waals surface area contributed by atoms with Gasteiger partial charge in [-0.05, 0) is 25.7 Å². The van der Waals surface area contributed by atoms with Crippen LogP contribution in [0.2, 0.25) is 0 Å². The third-order valence-electron chi connectivity index (χ3n) is 3.06. The van der Waals surface area contributed by atoms with E-state index in [2.05, 4.69) is 22.3 Å². The first-order valence-corrected chi connectivity index (χ1v) is 6.59. The SMILES string of the molecule is CCCn1ncnc1CNCC1CCCCO1. The van der Waals surface area contributed by atoms with Crippen LogP contribution in [0.5, 0.6) is 0 Å². The largest absolute Gasteiger partial charge is 0.377 e. The highest BCUT2D eigenvalue weighted by Gasteiger charge is 2.13. The number of nitrogens with zero attached hydrogens (tertiary/aromatic N) is 3. The Kier molecular flexibility index (Phi) is 4.94. The van der Waals surface area contributed by atoms with E-state index in [4.69, 9.17) is 4.74 Å². The second-order valence-corrected chi connectivity index (χ2v) is 4.52. The first-order chi connectivity index (χ1) is 8.40. The van der Waals surface area contributed by atoms with Crippen LogP contribution < -0.4 is 5.32 Å². The Morgan fingerprint density at radius 2 is 2.47 bits per heavy atom. The van der Waals surface area contributed by atoms with E-state index in [1.807, 2.05) is 4.68 Å². The summed E-state index contributed by atoms with van der Waals surface area (Å²) in [5.74, 6) is 1.02. The Morgan fingerprint density at radius 1 is 1.53 bits per heavy atom. The lowest BCUT2D eigenvalue weighted by Gasteiger charge is -2.22. The molecule has 5 heteroatoms. The molecule has 1 aromatic heterocycles. The molecule has 0 saturated carbocycles. The van der Waals surface area contributed by atoms with Crippen molar-refractivity contribution >= 4 is 0 Å². The molecule has 2 rings (SSSR count). The van der Waals surface area contributed by atoms with Crippen molar-refractivity contribution in [2.75, 3.05) is 13.2 Å². The van der Waals surface area contributed by atoms with Crippen LogP contribution in [-0.2, 0) is 17.8 Å². The van der Waals surface area contributed by atoms with Crippen LogP contribution in [0.3, 0.4) is 0 Å². The van der Waals surface area contributed by atoms with Gasteiger partial charge in [0.1, 0.15) is 12.2 Å². The van der Waals surface area contributed by atoms with Crippen molar-refractivity contribution in [2.24, 2.45) is 0 Å². The van der Waals surface area contributed by atoms with Crippen LogP contribution in [0.25, 0.3) is 0 Å². The fraction of sp³-hybridized carbons (Fsp3) is 0.833. The summed E-state index contributed by atoms with van der Waals surface area (Å²) in [5, 5.41) is 7.61. The number of aryl methyl sites for hydroxylation is 1. The van der Waals surface area contributed by atoms with Gasteiger partial charge in [-0.25, -0.2) is 9.67 Å². The van der Waals surface area contributed by atoms with Gasteiger partial charge >= 0.3 is 0 Å². The van der Waals surface area contributed by atoms with Gasteiger partial charge in [0.15, 0.2) is 0 Å². The van der Waals surface area contributed by atoms with Crippen LogP contribution in [0.1, 0.15) is 38.4 Å². The Bertz CT molecular complexity index is 320. The maximum absolute atomic E-state index is 5.67. The van der Waals surface area contributed by atoms with Gasteiger partial charge in [-0.2, -0.15) is 5.10 Å². The number of nitrogens with one attached hydrogen (secondary N) is 1. The van der Waals surface area contributed by atoms with Gasteiger partial charge in [0.2, 0.25) is 0 Å². The van der Waals surface area contributed by atoms with Crippen molar-refractivity contribution in [2.45, 2.75) is 51.8 Å². The Hall–Kier alpha value is -0.940. The van der Waals surface area contributed by atoms with Crippen LogP contribution in [0.15, 0.2) is 6.33 Å². The summed E-state index contributed by atoms with van der Waals surface area (Å²) in [7, 11) is 0. The molecule has 0 spiro atoms. The van der Waals surface area contributed by atoms with Crippen LogP contribution in [-0.4, -0.2) is 34.0 Å². The van der Waals surface area contributed by atoms with Crippen molar-refractivity contribution in [3.05, 3.63) is 12.2 Å². The molecular weight excluding hydrogens is 216 g/mol. The molecule has 0 bridgehead atoms. The van der Waals surface area contributed by atoms with E-state index >= 15 is 0 Å². The minimum atomic E-state index is 0.381. The zero-order valence-electron chi connectivity index (χ0n) is 10.6. The molecule has 1 aromatic rings. The summed E-state index contributed by atoms with van der Waals surface area (Å²) in [6, 6.07) is 0. The standard InChI is InChI=1S/C12H22N4O/c1-2-6-16-12(14-10-15-16)9-13-8-11-5-3-4-7-17-11/h10-11,13H,2-9H2,1H3. The van der Waals surface area contributed by atoms with Crippen molar-refractivity contribution in [1.82, 2.24) is 20.1 Å². The fourth-order valence-electron chi connectivity index (χ4n) is 2.14. The number of rotatable bonds is 6. The lowest BCUT2D eigenvalue weighted by atomic mass is 10.1. The second kappa shape index (κ2) is 6.71. The predicted octanol–water partition coefficient (Wildman–Crippen LogP) is 1.35. The molecule has 1 N–H and O–H groups in total. The Labute approximate surface area is 103 Å². The average molecular weight is 238 g/mol. The summed E-state index contributed by atoms with van der Waals surface area (Å²) < 4.78 is 7.64. The molecule has 96 valence electrons. The van der Waals surface area contributed by atoms with E-state index in [0.717, 1.165) is 38.5 Å². The molecule has 1 aliphatic heterocycles. The number of hydrogen-bond acceptors (Lipinski definition) is 4. The third kappa shape index (κ3) is 3.78. The zero-order valence-corrected chi connectivity index (χ0v) is 10.6. The summed E-state index contributed by atoms with van der Waals surface area (Å²) >= 11 is 0. The van der Waals surface area contributed by atoms with Gasteiger partial charge in [0, 0.05) is 19.7 Å². The van der Waals surface area contributed by atoms with E-state index in [1.54, 1.807) is 6.33 Å². The van der Waals surface area contributed by atoms with E-state index in [-0.39, 0.29) is 0 Å². The first kappa shape index (κ1) is 12.5. The summed E-state index contributed by atoms with van der Waals surface area (Å²) in [6.07, 6.45) is 6.77. The van der Waals surface area contributed by atoms with Crippen molar-refractivity contribution in [3.8, 4) is 0 Å². The predicted molar refractivity (Wildman–Crippen MR) is 65.6 cm³/mol. The molecule has 0 radical (unpaired) electrons. The Morgan fingerprint density at radius 3 is 3.24 bits per heavy atom. The molecule has 17 heavy (non-hydrogen) atoms. The molecular formula is C12H22N4O. The smallest absolute Gasteiger partial charge is 0.140 e. The third-order valence-corrected chi connectivity index (χ3v) is 3.06. The van der Waals surface area contributed by atoms with Crippen molar-refractivity contribution in [1.29, 1.82) is 0 Å². The fourth-order valence-corrected chi connectivity index (χ4v) is 2.14. The van der Waals surface area contributed by atoms with Crippen LogP contribution in [0.4, 0.5) is 0 Å². The minimum Gasteiger partial charge on any atom is -0.377 e. The number of ether oxygens (including phenoxy) is 1. The highest BCUT2D eigenvalue weighted by Crippen LogP contribution is 2.11. The minimum absolute atomic E-state index is 0.381. The van der Waals surface area contributed by atoms with Gasteiger partial charge in [-0.1, -0.05) is 6.92 Å². The Balaban J connectivity index is 1.71. The quantitative estimate of drug-likeness (QED) is 0.812. The number of hydrogen-bond donors (Lipinski definition) is 1. The normalized spacial score (nSPS) is 20.6. The van der Waals surface area contributed by atoms with Crippen molar-refractivity contribution < 1.29 is 4.74 Å². The van der Waals surface area contributed by atoms with Crippen molar-refractivity contribution in [3.63, 3.8) is 0 Å². The summed E-state index contributed by atoms with van der Waals surface area (Å²) in [4.78, 5) is 4.27. The van der Waals surface area contributed by atoms with Gasteiger partial charge < -0.3 is 10.1 Å². The number of aromatic nitrogens is 3. The lowest BCUT2D eigenvalue weighted by Crippen LogP contribution is -2.32. The average Bonchev–Trinajstić information content (AvgIpc) is 2.79. The molecule has 1 aliphatic rings. The van der Waals surface area contributed by atoms with Gasteiger partial charge in [-0.15, -0.1) is 0 Å². The van der Waals surface area contributed by atoms with E-state index < -0.39 is 0 Å². The maximum atomic E-state index is 5.67. The molecule has 0 amide bonds. The lowest BCUT2D eigenvalue weighted by molar-refractivity contribution is 0.0166. The topological polar surface area (TPSA) is 52.0 Å². The van der Waals surface area contributed by atoms with Gasteiger partial charge in [-0.3, -0.25) is 0 Å². The van der Waals surface area contributed by atoms with Gasteiger partial charge in [0.05, 0.1) is 12.6 Å². The zero-order chi connectivity index (χ0) is 11.9. The summed E-state index contributed by atoms with van der Waals surface area (Å²) in [6.45, 7) is 5.70. The molecule has 1 unspecified atom stereocenters.